The second-order valence-electron chi connectivity index (χ2n) is 10.7. The van der Waals surface area contributed by atoms with Gasteiger partial charge in [0.2, 0.25) is 0 Å². The van der Waals surface area contributed by atoms with E-state index in [1.807, 2.05) is 48.5 Å². The van der Waals surface area contributed by atoms with E-state index in [1.54, 1.807) is 12.4 Å². The van der Waals surface area contributed by atoms with Gasteiger partial charge >= 0.3 is 0 Å². The van der Waals surface area contributed by atoms with Gasteiger partial charge in [0.15, 0.2) is 0 Å². The molecule has 0 spiro atoms. The van der Waals surface area contributed by atoms with Crippen molar-refractivity contribution in [2.24, 2.45) is 0 Å². The third-order valence-electron chi connectivity index (χ3n) is 8.01. The predicted molar refractivity (Wildman–Crippen MR) is 180 cm³/mol. The van der Waals surface area contributed by atoms with E-state index in [0.29, 0.717) is 0 Å². The van der Waals surface area contributed by atoms with Gasteiger partial charge in [0.25, 0.3) is 0 Å². The molecule has 44 heavy (non-hydrogen) atoms. The Balaban J connectivity index is 1.44. The highest BCUT2D eigenvalue weighted by Gasteiger charge is 2.20. The Labute approximate surface area is 255 Å². The smallest absolute Gasteiger partial charge is 0.0893 e. The van der Waals surface area contributed by atoms with Gasteiger partial charge in [-0.05, 0) is 70.1 Å². The lowest BCUT2D eigenvalue weighted by Gasteiger charge is -2.19. The van der Waals surface area contributed by atoms with E-state index in [0.717, 1.165) is 67.2 Å². The van der Waals surface area contributed by atoms with Crippen LogP contribution in [0.25, 0.3) is 78.0 Å². The molecule has 0 atom stereocenters. The van der Waals surface area contributed by atoms with Crippen molar-refractivity contribution in [3.8, 4) is 56.4 Å². The second kappa shape index (κ2) is 11.0. The standard InChI is InChI=1S/C40H26N4/c1-3-13-29-27(11-1)21-23-31(33-17-9-19-37(43-33)35-15-5-7-25-41-35)39(29)40-30-14-4-2-12-28(30)22-24-32(40)34-18-10-20-38(44-34)36-16-6-8-26-42-36/h1-26H. The minimum absolute atomic E-state index is 0.838. The Bertz CT molecular complexity index is 2110. The zero-order valence-electron chi connectivity index (χ0n) is 23.8. The molecule has 0 saturated carbocycles. The first-order valence-electron chi connectivity index (χ1n) is 14.6. The van der Waals surface area contributed by atoms with Gasteiger partial charge in [-0.15, -0.1) is 0 Å². The molecule has 0 aliphatic carbocycles. The van der Waals surface area contributed by atoms with Crippen LogP contribution in [0.4, 0.5) is 0 Å². The van der Waals surface area contributed by atoms with Crippen LogP contribution < -0.4 is 0 Å². The molecule has 0 bridgehead atoms. The van der Waals surface area contributed by atoms with E-state index < -0.39 is 0 Å². The molecule has 4 heterocycles. The number of pyridine rings is 4. The quantitative estimate of drug-likeness (QED) is 0.209. The van der Waals surface area contributed by atoms with Gasteiger partial charge in [0.05, 0.1) is 34.2 Å². The maximum atomic E-state index is 5.16. The van der Waals surface area contributed by atoms with Gasteiger partial charge in [-0.3, -0.25) is 9.97 Å². The molecule has 4 nitrogen and oxygen atoms in total. The van der Waals surface area contributed by atoms with Gasteiger partial charge in [-0.25, -0.2) is 9.97 Å². The molecule has 0 amide bonds. The molecule has 0 fully saturated rings. The summed E-state index contributed by atoms with van der Waals surface area (Å²) in [5.41, 5.74) is 9.52. The molecule has 0 N–H and O–H groups in total. The number of benzene rings is 4. The van der Waals surface area contributed by atoms with Crippen molar-refractivity contribution in [3.05, 3.63) is 158 Å². The van der Waals surface area contributed by atoms with Crippen LogP contribution in [-0.4, -0.2) is 19.9 Å². The van der Waals surface area contributed by atoms with E-state index in [9.17, 15) is 0 Å². The van der Waals surface area contributed by atoms with Gasteiger partial charge in [0.1, 0.15) is 0 Å². The molecule has 0 unspecified atom stereocenters. The summed E-state index contributed by atoms with van der Waals surface area (Å²) in [6.07, 6.45) is 3.61. The van der Waals surface area contributed by atoms with Crippen LogP contribution in [0.15, 0.2) is 158 Å². The summed E-state index contributed by atoms with van der Waals surface area (Å²) in [4.78, 5) is 19.4. The zero-order chi connectivity index (χ0) is 29.3. The Morgan fingerprint density at radius 1 is 0.295 bits per heavy atom. The van der Waals surface area contributed by atoms with Crippen molar-refractivity contribution in [1.29, 1.82) is 0 Å². The summed E-state index contributed by atoms with van der Waals surface area (Å²) in [6.45, 7) is 0. The summed E-state index contributed by atoms with van der Waals surface area (Å²) in [6, 6.07) is 50.1. The molecule has 8 rings (SSSR count). The molecule has 4 aromatic carbocycles. The number of aromatic nitrogens is 4. The average Bonchev–Trinajstić information content (AvgIpc) is 3.11. The van der Waals surface area contributed by atoms with E-state index >= 15 is 0 Å². The van der Waals surface area contributed by atoms with Crippen molar-refractivity contribution in [2.45, 2.75) is 0 Å². The molecule has 206 valence electrons. The van der Waals surface area contributed by atoms with E-state index in [2.05, 4.69) is 107 Å². The van der Waals surface area contributed by atoms with Crippen LogP contribution in [-0.2, 0) is 0 Å². The van der Waals surface area contributed by atoms with Crippen molar-refractivity contribution in [2.75, 3.05) is 0 Å². The lowest BCUT2D eigenvalue weighted by Crippen LogP contribution is -1.97. The third kappa shape index (κ3) is 4.59. The van der Waals surface area contributed by atoms with Gasteiger partial charge in [-0.2, -0.15) is 0 Å². The first kappa shape index (κ1) is 25.7. The van der Waals surface area contributed by atoms with Crippen molar-refractivity contribution >= 4 is 21.5 Å². The highest BCUT2D eigenvalue weighted by molar-refractivity contribution is 6.14. The molecular formula is C40H26N4. The number of nitrogens with zero attached hydrogens (tertiary/aromatic N) is 4. The first-order valence-corrected chi connectivity index (χ1v) is 14.6. The van der Waals surface area contributed by atoms with Gasteiger partial charge in [-0.1, -0.05) is 97.1 Å². The number of fused-ring (bicyclic) bond motifs is 2. The number of rotatable bonds is 5. The Morgan fingerprint density at radius 3 is 1.16 bits per heavy atom. The van der Waals surface area contributed by atoms with Crippen LogP contribution in [0.3, 0.4) is 0 Å². The van der Waals surface area contributed by atoms with Crippen molar-refractivity contribution < 1.29 is 0 Å². The molecule has 4 aromatic heterocycles. The summed E-state index contributed by atoms with van der Waals surface area (Å²) in [7, 11) is 0. The molecule has 0 radical (unpaired) electrons. The Hall–Kier alpha value is -6.00. The molecule has 0 aliphatic heterocycles. The normalized spacial score (nSPS) is 11.2. The Kier molecular flexibility index (Phi) is 6.43. The minimum Gasteiger partial charge on any atom is -0.255 e. The molecule has 8 aromatic rings. The summed E-state index contributed by atoms with van der Waals surface area (Å²) in [5.74, 6) is 0. The fourth-order valence-electron chi connectivity index (χ4n) is 5.99. The van der Waals surface area contributed by atoms with Crippen LogP contribution in [0, 0.1) is 0 Å². The molecule has 0 saturated heterocycles. The van der Waals surface area contributed by atoms with E-state index in [4.69, 9.17) is 9.97 Å². The van der Waals surface area contributed by atoms with Gasteiger partial charge in [0, 0.05) is 34.6 Å². The second-order valence-corrected chi connectivity index (χ2v) is 10.7. The summed E-state index contributed by atoms with van der Waals surface area (Å²) < 4.78 is 0. The summed E-state index contributed by atoms with van der Waals surface area (Å²) in [5, 5.41) is 4.66. The first-order chi connectivity index (χ1) is 21.8. The fraction of sp³-hybridized carbons (Fsp3) is 0. The SMILES string of the molecule is c1ccc(-c2cccc(-c3ccc4ccccc4c3-c3c(-c4cccc(-c5ccccn5)n4)ccc4ccccc34)n2)nc1. The minimum atomic E-state index is 0.838. The van der Waals surface area contributed by atoms with E-state index in [1.165, 1.54) is 10.8 Å². The molecule has 0 aliphatic rings. The fourth-order valence-corrected chi connectivity index (χ4v) is 5.99. The largest absolute Gasteiger partial charge is 0.255 e. The summed E-state index contributed by atoms with van der Waals surface area (Å²) >= 11 is 0. The van der Waals surface area contributed by atoms with Crippen molar-refractivity contribution in [3.63, 3.8) is 0 Å². The lowest BCUT2D eigenvalue weighted by atomic mass is 9.85. The van der Waals surface area contributed by atoms with Crippen LogP contribution in [0.1, 0.15) is 0 Å². The average molecular weight is 563 g/mol. The Morgan fingerprint density at radius 2 is 0.705 bits per heavy atom. The molecule has 4 heteroatoms. The van der Waals surface area contributed by atoms with Crippen molar-refractivity contribution in [1.82, 2.24) is 19.9 Å². The van der Waals surface area contributed by atoms with Gasteiger partial charge < -0.3 is 0 Å². The number of hydrogen-bond donors (Lipinski definition) is 0. The zero-order valence-corrected chi connectivity index (χ0v) is 23.8. The maximum absolute atomic E-state index is 5.16. The number of hydrogen-bond acceptors (Lipinski definition) is 4. The third-order valence-corrected chi connectivity index (χ3v) is 8.01. The maximum Gasteiger partial charge on any atom is 0.0893 e. The predicted octanol–water partition coefficient (Wildman–Crippen LogP) is 9.91. The van der Waals surface area contributed by atoms with Crippen LogP contribution >= 0.6 is 0 Å². The highest BCUT2D eigenvalue weighted by Crippen LogP contribution is 2.45. The molecular weight excluding hydrogens is 536 g/mol. The lowest BCUT2D eigenvalue weighted by molar-refractivity contribution is 1.25. The van der Waals surface area contributed by atoms with Crippen LogP contribution in [0.5, 0.6) is 0 Å². The topological polar surface area (TPSA) is 51.6 Å². The van der Waals surface area contributed by atoms with E-state index in [-0.39, 0.29) is 0 Å². The van der Waals surface area contributed by atoms with Crippen LogP contribution in [0.2, 0.25) is 0 Å². The monoisotopic (exact) mass is 562 g/mol. The highest BCUT2D eigenvalue weighted by atomic mass is 14.8.